The summed E-state index contributed by atoms with van der Waals surface area (Å²) >= 11 is 0. The van der Waals surface area contributed by atoms with Crippen LogP contribution >= 0.6 is 0 Å². The number of fused-ring (bicyclic) bond motifs is 3. The predicted octanol–water partition coefficient (Wildman–Crippen LogP) is 6.01. The van der Waals surface area contributed by atoms with Crippen LogP contribution in [0.5, 0.6) is 0 Å². The molecule has 1 fully saturated rings. The third-order valence-corrected chi connectivity index (χ3v) is 5.39. The van der Waals surface area contributed by atoms with Crippen molar-refractivity contribution in [2.24, 2.45) is 0 Å². The van der Waals surface area contributed by atoms with Gasteiger partial charge in [0.25, 0.3) is 0 Å². The number of hydrogen-bond acceptors (Lipinski definition) is 3. The monoisotopic (exact) mass is 328 g/mol. The summed E-state index contributed by atoms with van der Waals surface area (Å²) in [5.74, 6) is 0.681. The fraction of sp³-hybridized carbons (Fsp3) is 0.273. The predicted molar refractivity (Wildman–Crippen MR) is 101 cm³/mol. The van der Waals surface area contributed by atoms with Crippen molar-refractivity contribution in [2.75, 3.05) is 0 Å². The quantitative estimate of drug-likeness (QED) is 0.452. The van der Waals surface area contributed by atoms with Crippen molar-refractivity contribution in [1.29, 1.82) is 0 Å². The Labute approximate surface area is 146 Å². The van der Waals surface area contributed by atoms with Crippen LogP contribution in [0.25, 0.3) is 33.3 Å². The molecule has 0 N–H and O–H groups in total. The molecule has 1 aliphatic carbocycles. The lowest BCUT2D eigenvalue weighted by Gasteiger charge is -2.11. The molecule has 3 aromatic heterocycles. The Hall–Kier alpha value is -2.68. The first-order chi connectivity index (χ1) is 12.3. The first-order valence-corrected chi connectivity index (χ1v) is 9.05. The van der Waals surface area contributed by atoms with Gasteiger partial charge in [-0.2, -0.15) is 0 Å². The summed E-state index contributed by atoms with van der Waals surface area (Å²) in [6, 6.07) is 14.8. The summed E-state index contributed by atoms with van der Waals surface area (Å²) in [5, 5.41) is 2.17. The van der Waals surface area contributed by atoms with E-state index in [0.29, 0.717) is 11.6 Å². The number of nitrogens with zero attached hydrogens (tertiary/aromatic N) is 2. The standard InChI is InChI=1S/C22H20N2O/c1-14-9-10-18-17-7-4-8-19(21(17)25-22(18)24-14)20-13-16(11-12-23-20)15-5-2-3-6-15/h4,7-13,15H,2-3,5-6H2,1H3. The fourth-order valence-corrected chi connectivity index (χ4v) is 4.08. The molecule has 3 heteroatoms. The Balaban J connectivity index is 1.70. The molecule has 1 aliphatic rings. The summed E-state index contributed by atoms with van der Waals surface area (Å²) in [7, 11) is 0. The molecule has 5 rings (SSSR count). The van der Waals surface area contributed by atoms with Gasteiger partial charge in [-0.15, -0.1) is 0 Å². The molecule has 0 saturated heterocycles. The van der Waals surface area contributed by atoms with Crippen molar-refractivity contribution in [3.05, 3.63) is 59.9 Å². The van der Waals surface area contributed by atoms with Gasteiger partial charge in [-0.1, -0.05) is 25.0 Å². The van der Waals surface area contributed by atoms with Gasteiger partial charge in [0, 0.05) is 28.2 Å². The molecule has 25 heavy (non-hydrogen) atoms. The molecule has 4 aromatic rings. The fourth-order valence-electron chi connectivity index (χ4n) is 4.08. The lowest BCUT2D eigenvalue weighted by atomic mass is 9.96. The van der Waals surface area contributed by atoms with Crippen LogP contribution in [-0.2, 0) is 0 Å². The molecular formula is C22H20N2O. The molecule has 3 nitrogen and oxygen atoms in total. The van der Waals surface area contributed by atoms with E-state index in [4.69, 9.17) is 4.42 Å². The van der Waals surface area contributed by atoms with Crippen LogP contribution in [0.1, 0.15) is 42.9 Å². The summed E-state index contributed by atoms with van der Waals surface area (Å²) in [6.45, 7) is 1.99. The van der Waals surface area contributed by atoms with E-state index in [9.17, 15) is 0 Å². The Kier molecular flexibility index (Phi) is 3.34. The SMILES string of the molecule is Cc1ccc2c(n1)oc1c(-c3cc(C4CCCC4)ccn3)cccc12. The van der Waals surface area contributed by atoms with Gasteiger partial charge < -0.3 is 4.42 Å². The first kappa shape index (κ1) is 14.6. The van der Waals surface area contributed by atoms with Gasteiger partial charge in [-0.05, 0) is 61.6 Å². The Morgan fingerprint density at radius 1 is 1.00 bits per heavy atom. The Bertz CT molecular complexity index is 1070. The summed E-state index contributed by atoms with van der Waals surface area (Å²) in [5.41, 5.74) is 6.00. The van der Waals surface area contributed by atoms with Gasteiger partial charge in [0.15, 0.2) is 0 Å². The van der Waals surface area contributed by atoms with E-state index in [2.05, 4.69) is 46.4 Å². The maximum Gasteiger partial charge on any atom is 0.227 e. The van der Waals surface area contributed by atoms with Gasteiger partial charge in [0.05, 0.1) is 5.69 Å². The van der Waals surface area contributed by atoms with Crippen LogP contribution in [0.15, 0.2) is 53.1 Å². The van der Waals surface area contributed by atoms with Gasteiger partial charge in [-0.3, -0.25) is 4.98 Å². The lowest BCUT2D eigenvalue weighted by molar-refractivity contribution is 0.653. The van der Waals surface area contributed by atoms with Crippen LogP contribution in [0.4, 0.5) is 0 Å². The highest BCUT2D eigenvalue weighted by Gasteiger charge is 2.19. The molecule has 0 aliphatic heterocycles. The maximum absolute atomic E-state index is 6.13. The third kappa shape index (κ3) is 2.42. The summed E-state index contributed by atoms with van der Waals surface area (Å²) < 4.78 is 6.13. The minimum Gasteiger partial charge on any atom is -0.437 e. The zero-order valence-corrected chi connectivity index (χ0v) is 14.3. The normalized spacial score (nSPS) is 15.4. The number of benzene rings is 1. The average Bonchev–Trinajstić information content (AvgIpc) is 3.29. The molecule has 1 aromatic carbocycles. The van der Waals surface area contributed by atoms with Gasteiger partial charge in [0.2, 0.25) is 5.71 Å². The second-order valence-electron chi connectivity index (χ2n) is 7.05. The lowest BCUT2D eigenvalue weighted by Crippen LogP contribution is -1.94. The van der Waals surface area contributed by atoms with E-state index in [0.717, 1.165) is 33.3 Å². The maximum atomic E-state index is 6.13. The number of hydrogen-bond donors (Lipinski definition) is 0. The molecule has 0 spiro atoms. The molecule has 124 valence electrons. The average molecular weight is 328 g/mol. The van der Waals surface area contributed by atoms with Crippen LogP contribution in [-0.4, -0.2) is 9.97 Å². The minimum absolute atomic E-state index is 0.681. The topological polar surface area (TPSA) is 38.9 Å². The van der Waals surface area contributed by atoms with E-state index in [1.165, 1.54) is 31.2 Å². The van der Waals surface area contributed by atoms with Crippen molar-refractivity contribution in [2.45, 2.75) is 38.5 Å². The Morgan fingerprint density at radius 2 is 1.88 bits per heavy atom. The second-order valence-corrected chi connectivity index (χ2v) is 7.05. The van der Waals surface area contributed by atoms with E-state index < -0.39 is 0 Å². The molecule has 0 radical (unpaired) electrons. The van der Waals surface area contributed by atoms with Gasteiger partial charge in [0.1, 0.15) is 5.58 Å². The highest BCUT2D eigenvalue weighted by molar-refractivity contribution is 6.08. The number of aromatic nitrogens is 2. The van der Waals surface area contributed by atoms with E-state index in [-0.39, 0.29) is 0 Å². The smallest absolute Gasteiger partial charge is 0.227 e. The number of aryl methyl sites for hydroxylation is 1. The van der Waals surface area contributed by atoms with E-state index in [1.807, 2.05) is 19.2 Å². The van der Waals surface area contributed by atoms with Crippen molar-refractivity contribution >= 4 is 22.1 Å². The molecular weight excluding hydrogens is 308 g/mol. The molecule has 0 atom stereocenters. The van der Waals surface area contributed by atoms with E-state index in [1.54, 1.807) is 0 Å². The molecule has 0 amide bonds. The highest BCUT2D eigenvalue weighted by atomic mass is 16.3. The van der Waals surface area contributed by atoms with E-state index >= 15 is 0 Å². The first-order valence-electron chi connectivity index (χ1n) is 9.05. The number of para-hydroxylation sites is 1. The zero-order valence-electron chi connectivity index (χ0n) is 14.3. The van der Waals surface area contributed by atoms with Gasteiger partial charge in [-0.25, -0.2) is 4.98 Å². The molecule has 0 unspecified atom stereocenters. The molecule has 1 saturated carbocycles. The number of rotatable bonds is 2. The van der Waals surface area contributed by atoms with Crippen molar-refractivity contribution in [3.63, 3.8) is 0 Å². The summed E-state index contributed by atoms with van der Waals surface area (Å²) in [6.07, 6.45) is 7.20. The zero-order chi connectivity index (χ0) is 16.8. The molecule has 0 bridgehead atoms. The van der Waals surface area contributed by atoms with Crippen molar-refractivity contribution in [3.8, 4) is 11.3 Å². The van der Waals surface area contributed by atoms with Gasteiger partial charge >= 0.3 is 0 Å². The van der Waals surface area contributed by atoms with Crippen LogP contribution in [0.2, 0.25) is 0 Å². The number of furan rings is 1. The largest absolute Gasteiger partial charge is 0.437 e. The Morgan fingerprint density at radius 3 is 2.76 bits per heavy atom. The van der Waals surface area contributed by atoms with Crippen LogP contribution in [0.3, 0.4) is 0 Å². The van der Waals surface area contributed by atoms with Crippen LogP contribution < -0.4 is 0 Å². The third-order valence-electron chi connectivity index (χ3n) is 5.39. The van der Waals surface area contributed by atoms with Crippen molar-refractivity contribution < 1.29 is 4.42 Å². The minimum atomic E-state index is 0.681. The summed E-state index contributed by atoms with van der Waals surface area (Å²) in [4.78, 5) is 9.18. The highest BCUT2D eigenvalue weighted by Crippen LogP contribution is 2.37. The second kappa shape index (κ2) is 5.69. The molecule has 3 heterocycles. The van der Waals surface area contributed by atoms with Crippen LogP contribution in [0, 0.1) is 6.92 Å². The number of pyridine rings is 2. The van der Waals surface area contributed by atoms with Crippen molar-refractivity contribution in [1.82, 2.24) is 9.97 Å².